The molecule has 0 saturated heterocycles. The van der Waals surface area contributed by atoms with Gasteiger partial charge in [-0.05, 0) is 38.0 Å². The maximum absolute atomic E-state index is 11.6. The fraction of sp³-hybridized carbons (Fsp3) is 0.211. The van der Waals surface area contributed by atoms with E-state index in [1.165, 1.54) is 19.6 Å². The third kappa shape index (κ3) is 3.87. The molecule has 0 amide bonds. The van der Waals surface area contributed by atoms with Crippen LogP contribution >= 0.6 is 0 Å². The molecule has 5 heteroatoms. The Bertz CT molecular complexity index is 779. The van der Waals surface area contributed by atoms with Crippen LogP contribution in [0.5, 0.6) is 11.5 Å². The van der Waals surface area contributed by atoms with Crippen molar-refractivity contribution in [3.63, 3.8) is 0 Å². The van der Waals surface area contributed by atoms with E-state index in [9.17, 15) is 15.0 Å². The number of allylic oxidation sites excluding steroid dienone is 2. The number of phenols is 1. The lowest BCUT2D eigenvalue weighted by molar-refractivity contribution is 0.0693. The zero-order valence-electron chi connectivity index (χ0n) is 13.9. The number of carboxylic acid groups (broad SMARTS) is 1. The molecule has 5 nitrogen and oxygen atoms in total. The highest BCUT2D eigenvalue weighted by atomic mass is 16.5. The smallest absolute Gasteiger partial charge is 0.340 e. The summed E-state index contributed by atoms with van der Waals surface area (Å²) in [7, 11) is 1.49. The molecule has 0 unspecified atom stereocenters. The van der Waals surface area contributed by atoms with Gasteiger partial charge in [-0.15, -0.1) is 0 Å². The van der Waals surface area contributed by atoms with Gasteiger partial charge in [0, 0.05) is 11.1 Å². The highest BCUT2D eigenvalue weighted by molar-refractivity contribution is 5.97. The fourth-order valence-corrected chi connectivity index (χ4v) is 2.30. The lowest BCUT2D eigenvalue weighted by Gasteiger charge is -2.14. The second-order valence-electron chi connectivity index (χ2n) is 5.55. The summed E-state index contributed by atoms with van der Waals surface area (Å²) in [5, 5.41) is 20.0. The van der Waals surface area contributed by atoms with Crippen LogP contribution < -0.4 is 4.74 Å². The van der Waals surface area contributed by atoms with Crippen molar-refractivity contribution >= 4 is 18.1 Å². The Morgan fingerprint density at radius 2 is 2.08 bits per heavy atom. The van der Waals surface area contributed by atoms with E-state index in [0.717, 1.165) is 11.1 Å². The van der Waals surface area contributed by atoms with Crippen molar-refractivity contribution in [2.24, 2.45) is 0 Å². The highest BCUT2D eigenvalue weighted by Gasteiger charge is 2.21. The standard InChI is InChI=1S/C19H20O5/c1-12(2)4-7-15-16(23-3)10-14(17(18(15)20)19(21)22)6-5-13-8-9-24-11-13/h4-6,8-11,20H,7H2,1-3H3,(H,21,22)/b6-5+. The van der Waals surface area contributed by atoms with Crippen LogP contribution in [0.25, 0.3) is 12.2 Å². The highest BCUT2D eigenvalue weighted by Crippen LogP contribution is 2.36. The van der Waals surface area contributed by atoms with Crippen LogP contribution in [0.4, 0.5) is 0 Å². The minimum atomic E-state index is -1.19. The largest absolute Gasteiger partial charge is 0.507 e. The van der Waals surface area contributed by atoms with Gasteiger partial charge in [0.15, 0.2) is 0 Å². The number of aromatic carboxylic acids is 1. The maximum atomic E-state index is 11.6. The lowest BCUT2D eigenvalue weighted by atomic mass is 9.97. The van der Waals surface area contributed by atoms with E-state index in [-0.39, 0.29) is 11.3 Å². The Hall–Kier alpha value is -2.95. The van der Waals surface area contributed by atoms with Gasteiger partial charge in [-0.25, -0.2) is 4.79 Å². The Balaban J connectivity index is 2.56. The number of carboxylic acids is 1. The SMILES string of the molecule is COc1cc(/C=C/c2ccoc2)c(C(=O)O)c(O)c1CC=C(C)C. The number of hydrogen-bond donors (Lipinski definition) is 2. The molecule has 1 aromatic heterocycles. The molecule has 2 rings (SSSR count). The molecule has 1 aromatic carbocycles. The molecule has 0 saturated carbocycles. The number of rotatable bonds is 6. The minimum Gasteiger partial charge on any atom is -0.507 e. The van der Waals surface area contributed by atoms with E-state index in [4.69, 9.17) is 9.15 Å². The van der Waals surface area contributed by atoms with Gasteiger partial charge in [-0.2, -0.15) is 0 Å². The molecule has 1 heterocycles. The van der Waals surface area contributed by atoms with Crippen LogP contribution in [0.15, 0.2) is 40.7 Å². The number of hydrogen-bond acceptors (Lipinski definition) is 4. The predicted octanol–water partition coefficient (Wildman–Crippen LogP) is 4.37. The van der Waals surface area contributed by atoms with Crippen molar-refractivity contribution in [3.05, 3.63) is 58.6 Å². The number of methoxy groups -OCH3 is 1. The number of benzene rings is 1. The summed E-state index contributed by atoms with van der Waals surface area (Å²) in [6.45, 7) is 3.87. The van der Waals surface area contributed by atoms with Crippen molar-refractivity contribution in [1.29, 1.82) is 0 Å². The molecule has 2 N–H and O–H groups in total. The molecular weight excluding hydrogens is 308 g/mol. The summed E-state index contributed by atoms with van der Waals surface area (Å²) in [4.78, 5) is 11.6. The Kier molecular flexibility index (Phi) is 5.47. The summed E-state index contributed by atoms with van der Waals surface area (Å²) in [5.74, 6) is -1.02. The predicted molar refractivity (Wildman–Crippen MR) is 92.4 cm³/mol. The fourth-order valence-electron chi connectivity index (χ4n) is 2.30. The second-order valence-corrected chi connectivity index (χ2v) is 5.55. The van der Waals surface area contributed by atoms with Crippen LogP contribution in [-0.4, -0.2) is 23.3 Å². The monoisotopic (exact) mass is 328 g/mol. The van der Waals surface area contributed by atoms with E-state index in [1.807, 2.05) is 19.9 Å². The molecule has 0 bridgehead atoms. The van der Waals surface area contributed by atoms with Crippen LogP contribution in [-0.2, 0) is 6.42 Å². The third-order valence-corrected chi connectivity index (χ3v) is 3.54. The normalized spacial score (nSPS) is 10.8. The molecule has 0 radical (unpaired) electrons. The quantitative estimate of drug-likeness (QED) is 0.770. The van der Waals surface area contributed by atoms with E-state index in [2.05, 4.69) is 0 Å². The maximum Gasteiger partial charge on any atom is 0.340 e. The van der Waals surface area contributed by atoms with Crippen molar-refractivity contribution in [2.75, 3.05) is 7.11 Å². The van der Waals surface area contributed by atoms with Gasteiger partial charge in [0.25, 0.3) is 0 Å². The third-order valence-electron chi connectivity index (χ3n) is 3.54. The van der Waals surface area contributed by atoms with Crippen LogP contribution in [0, 0.1) is 0 Å². The zero-order chi connectivity index (χ0) is 17.7. The van der Waals surface area contributed by atoms with Gasteiger partial charge in [0.05, 0.1) is 19.6 Å². The number of ether oxygens (including phenoxy) is 1. The summed E-state index contributed by atoms with van der Waals surface area (Å²) in [6, 6.07) is 3.37. The molecular formula is C19H20O5. The molecule has 24 heavy (non-hydrogen) atoms. The molecule has 0 aliphatic heterocycles. The van der Waals surface area contributed by atoms with Crippen molar-refractivity contribution in [1.82, 2.24) is 0 Å². The molecule has 2 aromatic rings. The summed E-state index contributed by atoms with van der Waals surface area (Å²) >= 11 is 0. The summed E-state index contributed by atoms with van der Waals surface area (Å²) < 4.78 is 10.3. The van der Waals surface area contributed by atoms with Gasteiger partial charge in [0.2, 0.25) is 0 Å². The molecule has 0 aliphatic carbocycles. The Labute approximate surface area is 140 Å². The Morgan fingerprint density at radius 3 is 2.62 bits per heavy atom. The Morgan fingerprint density at radius 1 is 1.33 bits per heavy atom. The number of aromatic hydroxyl groups is 1. The number of furan rings is 1. The molecule has 126 valence electrons. The zero-order valence-corrected chi connectivity index (χ0v) is 13.9. The topological polar surface area (TPSA) is 79.9 Å². The van der Waals surface area contributed by atoms with E-state index in [0.29, 0.717) is 23.3 Å². The van der Waals surface area contributed by atoms with E-state index >= 15 is 0 Å². The molecule has 0 spiro atoms. The van der Waals surface area contributed by atoms with Gasteiger partial charge in [0.1, 0.15) is 17.1 Å². The first kappa shape index (κ1) is 17.4. The van der Waals surface area contributed by atoms with Gasteiger partial charge >= 0.3 is 5.97 Å². The summed E-state index contributed by atoms with van der Waals surface area (Å²) in [6.07, 6.45) is 8.68. The van der Waals surface area contributed by atoms with Crippen LogP contribution in [0.1, 0.15) is 40.9 Å². The van der Waals surface area contributed by atoms with E-state index < -0.39 is 5.97 Å². The molecule has 0 atom stereocenters. The average molecular weight is 328 g/mol. The average Bonchev–Trinajstić information content (AvgIpc) is 3.03. The number of carbonyl (C=O) groups is 1. The van der Waals surface area contributed by atoms with Crippen molar-refractivity contribution in [2.45, 2.75) is 20.3 Å². The van der Waals surface area contributed by atoms with Crippen molar-refractivity contribution < 1.29 is 24.2 Å². The first-order chi connectivity index (χ1) is 11.4. The first-order valence-electron chi connectivity index (χ1n) is 7.43. The lowest BCUT2D eigenvalue weighted by Crippen LogP contribution is -2.04. The van der Waals surface area contributed by atoms with E-state index in [1.54, 1.807) is 24.3 Å². The van der Waals surface area contributed by atoms with Crippen LogP contribution in [0.2, 0.25) is 0 Å². The minimum absolute atomic E-state index is 0.146. The first-order valence-corrected chi connectivity index (χ1v) is 7.43. The van der Waals surface area contributed by atoms with Crippen LogP contribution in [0.3, 0.4) is 0 Å². The second kappa shape index (κ2) is 7.55. The van der Waals surface area contributed by atoms with Crippen molar-refractivity contribution in [3.8, 4) is 11.5 Å². The molecule has 0 aliphatic rings. The molecule has 0 fully saturated rings. The van der Waals surface area contributed by atoms with Gasteiger partial charge < -0.3 is 19.4 Å². The van der Waals surface area contributed by atoms with Gasteiger partial charge in [-0.3, -0.25) is 0 Å². The summed E-state index contributed by atoms with van der Waals surface area (Å²) in [5.41, 5.74) is 2.53. The van der Waals surface area contributed by atoms with Gasteiger partial charge in [-0.1, -0.05) is 23.8 Å².